The molecule has 2 amide bonds. The Morgan fingerprint density at radius 2 is 2.26 bits per heavy atom. The second kappa shape index (κ2) is 7.43. The molecule has 0 saturated carbocycles. The van der Waals surface area contributed by atoms with Gasteiger partial charge in [0.05, 0.1) is 10.9 Å². The highest BCUT2D eigenvalue weighted by Crippen LogP contribution is 2.36. The van der Waals surface area contributed by atoms with Crippen LogP contribution in [0.3, 0.4) is 0 Å². The maximum Gasteiger partial charge on any atom is 0.294 e. The van der Waals surface area contributed by atoms with E-state index in [2.05, 4.69) is 20.4 Å². The lowest BCUT2D eigenvalue weighted by atomic mass is 10.2. The summed E-state index contributed by atoms with van der Waals surface area (Å²) in [5.41, 5.74) is 0. The maximum absolute atomic E-state index is 13.0. The summed E-state index contributed by atoms with van der Waals surface area (Å²) in [6.45, 7) is 3.33. The Hall–Kier alpha value is -2.81. The van der Waals surface area contributed by atoms with E-state index >= 15 is 0 Å². The summed E-state index contributed by atoms with van der Waals surface area (Å²) in [6, 6.07) is 5.47. The third kappa shape index (κ3) is 3.42. The van der Waals surface area contributed by atoms with Crippen LogP contribution < -0.4 is 5.32 Å². The van der Waals surface area contributed by atoms with Gasteiger partial charge in [0, 0.05) is 30.4 Å². The van der Waals surface area contributed by atoms with E-state index in [1.54, 1.807) is 23.4 Å². The molecule has 1 N–H and O–H groups in total. The largest absolute Gasteiger partial charge is 0.351 e. The number of thiophene rings is 1. The minimum atomic E-state index is -0.201. The van der Waals surface area contributed by atoms with E-state index in [0.717, 1.165) is 24.1 Å². The van der Waals surface area contributed by atoms with Crippen molar-refractivity contribution in [3.05, 3.63) is 46.2 Å². The summed E-state index contributed by atoms with van der Waals surface area (Å²) in [4.78, 5) is 37.0. The van der Waals surface area contributed by atoms with Crippen LogP contribution in [0.1, 0.15) is 57.4 Å². The van der Waals surface area contributed by atoms with Crippen LogP contribution >= 0.6 is 11.3 Å². The lowest BCUT2D eigenvalue weighted by Gasteiger charge is -2.22. The highest BCUT2D eigenvalue weighted by atomic mass is 32.1. The summed E-state index contributed by atoms with van der Waals surface area (Å²) in [6.07, 6.45) is 6.02. The number of rotatable bonds is 5. The van der Waals surface area contributed by atoms with E-state index in [1.807, 2.05) is 19.1 Å². The molecule has 0 aromatic carbocycles. The molecule has 3 aromatic rings. The smallest absolute Gasteiger partial charge is 0.294 e. The molecular formula is C18H20N6O2S. The van der Waals surface area contributed by atoms with Crippen molar-refractivity contribution in [3.8, 4) is 0 Å². The number of likely N-dealkylation sites (tertiary alicyclic amines) is 1. The number of aromatic nitrogens is 4. The highest BCUT2D eigenvalue weighted by molar-refractivity contribution is 7.14. The Morgan fingerprint density at radius 3 is 3.07 bits per heavy atom. The van der Waals surface area contributed by atoms with E-state index in [0.29, 0.717) is 23.7 Å². The molecule has 1 saturated heterocycles. The fraction of sp³-hybridized carbons (Fsp3) is 0.389. The number of nitrogens with one attached hydrogen (secondary N) is 1. The van der Waals surface area contributed by atoms with Gasteiger partial charge in [-0.25, -0.2) is 9.50 Å². The SMILES string of the molecule is CCCNC(=O)c1ccc(C2CCCN2C(=O)c2nc3ncccn3n2)s1. The Morgan fingerprint density at radius 1 is 1.37 bits per heavy atom. The Balaban J connectivity index is 1.54. The number of amides is 2. The number of hydrogen-bond acceptors (Lipinski definition) is 6. The van der Waals surface area contributed by atoms with Gasteiger partial charge in [-0.05, 0) is 37.5 Å². The van der Waals surface area contributed by atoms with Gasteiger partial charge in [-0.15, -0.1) is 16.4 Å². The molecule has 0 bridgehead atoms. The van der Waals surface area contributed by atoms with Crippen LogP contribution in [0.2, 0.25) is 0 Å². The van der Waals surface area contributed by atoms with Gasteiger partial charge in [-0.3, -0.25) is 9.59 Å². The van der Waals surface area contributed by atoms with Crippen LogP contribution in [0.25, 0.3) is 5.78 Å². The first-order chi connectivity index (χ1) is 13.2. The third-order valence-electron chi connectivity index (χ3n) is 4.54. The summed E-state index contributed by atoms with van der Waals surface area (Å²) in [5.74, 6) is 0.297. The molecule has 1 aliphatic heterocycles. The van der Waals surface area contributed by atoms with E-state index in [1.165, 1.54) is 15.9 Å². The van der Waals surface area contributed by atoms with Crippen molar-refractivity contribution in [2.75, 3.05) is 13.1 Å². The van der Waals surface area contributed by atoms with Crippen molar-refractivity contribution in [2.24, 2.45) is 0 Å². The standard InChI is InChI=1S/C18H20N6O2S/c1-2-8-19-16(25)14-7-6-13(27-14)12-5-3-10-23(12)17(26)15-21-18-20-9-4-11-24(18)22-15/h4,6-7,9,11-12H,2-3,5,8,10H2,1H3,(H,19,25). The van der Waals surface area contributed by atoms with Crippen LogP contribution in [0, 0.1) is 0 Å². The zero-order chi connectivity index (χ0) is 18.8. The highest BCUT2D eigenvalue weighted by Gasteiger charge is 2.33. The predicted molar refractivity (Wildman–Crippen MR) is 101 cm³/mol. The van der Waals surface area contributed by atoms with E-state index in [4.69, 9.17) is 0 Å². The van der Waals surface area contributed by atoms with Crippen molar-refractivity contribution < 1.29 is 9.59 Å². The molecular weight excluding hydrogens is 364 g/mol. The maximum atomic E-state index is 13.0. The predicted octanol–water partition coefficient (Wildman–Crippen LogP) is 2.30. The quantitative estimate of drug-likeness (QED) is 0.729. The number of carbonyl (C=O) groups is 2. The van der Waals surface area contributed by atoms with Crippen molar-refractivity contribution in [3.63, 3.8) is 0 Å². The summed E-state index contributed by atoms with van der Waals surface area (Å²) in [5, 5.41) is 7.13. The molecule has 9 heteroatoms. The third-order valence-corrected chi connectivity index (χ3v) is 5.72. The summed E-state index contributed by atoms with van der Waals surface area (Å²) in [7, 11) is 0. The first-order valence-corrected chi connectivity index (χ1v) is 9.85. The fourth-order valence-electron chi connectivity index (χ4n) is 3.24. The number of nitrogens with zero attached hydrogens (tertiary/aromatic N) is 5. The van der Waals surface area contributed by atoms with Gasteiger partial charge in [0.25, 0.3) is 17.6 Å². The van der Waals surface area contributed by atoms with Crippen LogP contribution in [0.5, 0.6) is 0 Å². The average molecular weight is 384 g/mol. The molecule has 1 atom stereocenters. The number of carbonyl (C=O) groups excluding carboxylic acids is 2. The molecule has 0 radical (unpaired) electrons. The van der Waals surface area contributed by atoms with Gasteiger partial charge in [-0.2, -0.15) is 4.98 Å². The first-order valence-electron chi connectivity index (χ1n) is 9.03. The molecule has 0 spiro atoms. The van der Waals surface area contributed by atoms with Crippen LogP contribution in [-0.2, 0) is 0 Å². The van der Waals surface area contributed by atoms with Gasteiger partial charge in [0.1, 0.15) is 0 Å². The molecule has 8 nitrogen and oxygen atoms in total. The Bertz CT molecular complexity index is 948. The Labute approximate surface area is 160 Å². The van der Waals surface area contributed by atoms with Crippen molar-refractivity contribution in [1.29, 1.82) is 0 Å². The Kier molecular flexibility index (Phi) is 4.85. The van der Waals surface area contributed by atoms with E-state index < -0.39 is 0 Å². The molecule has 1 unspecified atom stereocenters. The zero-order valence-electron chi connectivity index (χ0n) is 15.0. The minimum absolute atomic E-state index is 0.0465. The topological polar surface area (TPSA) is 92.5 Å². The van der Waals surface area contributed by atoms with Gasteiger partial charge in [0.15, 0.2) is 0 Å². The average Bonchev–Trinajstić information content (AvgIpc) is 3.43. The van der Waals surface area contributed by atoms with Gasteiger partial charge >= 0.3 is 0 Å². The van der Waals surface area contributed by atoms with Crippen LogP contribution in [0.4, 0.5) is 0 Å². The van der Waals surface area contributed by atoms with Crippen molar-refractivity contribution in [2.45, 2.75) is 32.2 Å². The van der Waals surface area contributed by atoms with Crippen LogP contribution in [0.15, 0.2) is 30.6 Å². The van der Waals surface area contributed by atoms with Crippen molar-refractivity contribution >= 4 is 28.9 Å². The lowest BCUT2D eigenvalue weighted by molar-refractivity contribution is 0.0725. The fourth-order valence-corrected chi connectivity index (χ4v) is 4.31. The van der Waals surface area contributed by atoms with Gasteiger partial charge < -0.3 is 10.2 Å². The minimum Gasteiger partial charge on any atom is -0.351 e. The molecule has 27 heavy (non-hydrogen) atoms. The monoisotopic (exact) mass is 384 g/mol. The molecule has 4 rings (SSSR count). The lowest BCUT2D eigenvalue weighted by Crippen LogP contribution is -2.31. The van der Waals surface area contributed by atoms with Crippen molar-refractivity contribution in [1.82, 2.24) is 29.8 Å². The molecule has 0 aliphatic carbocycles. The zero-order valence-corrected chi connectivity index (χ0v) is 15.8. The second-order valence-electron chi connectivity index (χ2n) is 6.41. The molecule has 3 aromatic heterocycles. The van der Waals surface area contributed by atoms with Crippen LogP contribution in [-0.4, -0.2) is 49.4 Å². The molecule has 1 fully saturated rings. The number of hydrogen-bond donors (Lipinski definition) is 1. The molecule has 1 aliphatic rings. The summed E-state index contributed by atoms with van der Waals surface area (Å²) < 4.78 is 1.50. The van der Waals surface area contributed by atoms with E-state index in [9.17, 15) is 9.59 Å². The number of fused-ring (bicyclic) bond motifs is 1. The first kappa shape index (κ1) is 17.6. The van der Waals surface area contributed by atoms with E-state index in [-0.39, 0.29) is 23.7 Å². The molecule has 4 heterocycles. The summed E-state index contributed by atoms with van der Waals surface area (Å²) >= 11 is 1.45. The van der Waals surface area contributed by atoms with Gasteiger partial charge in [0.2, 0.25) is 5.82 Å². The van der Waals surface area contributed by atoms with Gasteiger partial charge in [-0.1, -0.05) is 6.92 Å². The normalized spacial score (nSPS) is 16.8. The molecule has 140 valence electrons. The second-order valence-corrected chi connectivity index (χ2v) is 7.53.